The van der Waals surface area contributed by atoms with E-state index in [1.54, 1.807) is 13.2 Å². The monoisotopic (exact) mass is 364 g/mol. The van der Waals surface area contributed by atoms with Crippen molar-refractivity contribution in [2.75, 3.05) is 30.9 Å². The van der Waals surface area contributed by atoms with E-state index in [-0.39, 0.29) is 5.91 Å². The summed E-state index contributed by atoms with van der Waals surface area (Å²) < 4.78 is 5.93. The zero-order chi connectivity index (χ0) is 15.8. The standard InChI is InChI=1S/C15H17BrN4O2/c1-22-8-2-7-17-14-9-13(18-10-19-14)15(21)20-12-5-3-11(16)4-6-12/h3-6,9-10H,2,7-8H2,1H3,(H,20,21)(H,17,18,19). The summed E-state index contributed by atoms with van der Waals surface area (Å²) in [5.74, 6) is 0.344. The summed E-state index contributed by atoms with van der Waals surface area (Å²) in [6.45, 7) is 1.40. The molecule has 116 valence electrons. The van der Waals surface area contributed by atoms with Crippen molar-refractivity contribution in [1.82, 2.24) is 9.97 Å². The lowest BCUT2D eigenvalue weighted by Gasteiger charge is -2.07. The highest BCUT2D eigenvalue weighted by molar-refractivity contribution is 9.10. The molecule has 0 bridgehead atoms. The second-order valence-electron chi connectivity index (χ2n) is 4.52. The van der Waals surface area contributed by atoms with E-state index < -0.39 is 0 Å². The molecular weight excluding hydrogens is 348 g/mol. The fourth-order valence-electron chi connectivity index (χ4n) is 1.74. The highest BCUT2D eigenvalue weighted by atomic mass is 79.9. The van der Waals surface area contributed by atoms with E-state index in [0.717, 1.165) is 17.4 Å². The Morgan fingerprint density at radius 3 is 2.77 bits per heavy atom. The number of aromatic nitrogens is 2. The lowest BCUT2D eigenvalue weighted by Crippen LogP contribution is -2.15. The van der Waals surface area contributed by atoms with Gasteiger partial charge in [0.15, 0.2) is 0 Å². The number of nitrogens with zero attached hydrogens (tertiary/aromatic N) is 2. The van der Waals surface area contributed by atoms with Gasteiger partial charge >= 0.3 is 0 Å². The fraction of sp³-hybridized carbons (Fsp3) is 0.267. The van der Waals surface area contributed by atoms with Gasteiger partial charge in [0, 0.05) is 36.5 Å². The number of halogens is 1. The van der Waals surface area contributed by atoms with E-state index in [4.69, 9.17) is 4.74 Å². The van der Waals surface area contributed by atoms with Crippen LogP contribution < -0.4 is 10.6 Å². The molecule has 0 aliphatic rings. The predicted octanol–water partition coefficient (Wildman–Crippen LogP) is 2.94. The Morgan fingerprint density at radius 2 is 2.05 bits per heavy atom. The van der Waals surface area contributed by atoms with Gasteiger partial charge < -0.3 is 15.4 Å². The molecular formula is C15H17BrN4O2. The zero-order valence-corrected chi connectivity index (χ0v) is 13.8. The van der Waals surface area contributed by atoms with E-state index in [1.807, 2.05) is 24.3 Å². The number of methoxy groups -OCH3 is 1. The van der Waals surface area contributed by atoms with Crippen molar-refractivity contribution in [3.63, 3.8) is 0 Å². The number of hydrogen-bond donors (Lipinski definition) is 2. The highest BCUT2D eigenvalue weighted by Crippen LogP contribution is 2.15. The number of hydrogen-bond acceptors (Lipinski definition) is 5. The summed E-state index contributed by atoms with van der Waals surface area (Å²) in [4.78, 5) is 20.3. The van der Waals surface area contributed by atoms with Crippen LogP contribution in [0.3, 0.4) is 0 Å². The van der Waals surface area contributed by atoms with Gasteiger partial charge in [-0.1, -0.05) is 15.9 Å². The van der Waals surface area contributed by atoms with Gasteiger partial charge in [-0.3, -0.25) is 4.79 Å². The van der Waals surface area contributed by atoms with E-state index >= 15 is 0 Å². The summed E-state index contributed by atoms with van der Waals surface area (Å²) in [6, 6.07) is 8.97. The van der Waals surface area contributed by atoms with Crippen molar-refractivity contribution in [2.45, 2.75) is 6.42 Å². The minimum absolute atomic E-state index is 0.273. The Morgan fingerprint density at radius 1 is 1.27 bits per heavy atom. The molecule has 0 unspecified atom stereocenters. The second kappa shape index (κ2) is 8.45. The van der Waals surface area contributed by atoms with Crippen LogP contribution in [-0.4, -0.2) is 36.1 Å². The third-order valence-electron chi connectivity index (χ3n) is 2.83. The summed E-state index contributed by atoms with van der Waals surface area (Å²) in [5, 5.41) is 5.92. The van der Waals surface area contributed by atoms with Crippen molar-refractivity contribution in [1.29, 1.82) is 0 Å². The molecule has 0 spiro atoms. The molecule has 0 radical (unpaired) electrons. The summed E-state index contributed by atoms with van der Waals surface area (Å²) in [6.07, 6.45) is 2.23. The number of amides is 1. The Hall–Kier alpha value is -1.99. The lowest BCUT2D eigenvalue weighted by molar-refractivity contribution is 0.102. The molecule has 6 nitrogen and oxygen atoms in total. The first-order chi connectivity index (χ1) is 10.7. The maximum Gasteiger partial charge on any atom is 0.274 e. The van der Waals surface area contributed by atoms with Crippen molar-refractivity contribution >= 4 is 33.3 Å². The lowest BCUT2D eigenvalue weighted by atomic mass is 10.3. The normalized spacial score (nSPS) is 10.3. The number of ether oxygens (including phenoxy) is 1. The predicted molar refractivity (Wildman–Crippen MR) is 89.1 cm³/mol. The van der Waals surface area contributed by atoms with Gasteiger partial charge in [-0.15, -0.1) is 0 Å². The Kier molecular flexibility index (Phi) is 6.29. The van der Waals surface area contributed by atoms with Crippen molar-refractivity contribution in [3.8, 4) is 0 Å². The smallest absolute Gasteiger partial charge is 0.274 e. The van der Waals surface area contributed by atoms with Crippen molar-refractivity contribution in [2.24, 2.45) is 0 Å². The molecule has 0 atom stereocenters. The minimum atomic E-state index is -0.273. The van der Waals surface area contributed by atoms with Crippen LogP contribution in [0.1, 0.15) is 16.9 Å². The van der Waals surface area contributed by atoms with Gasteiger partial charge in [0.1, 0.15) is 17.8 Å². The Balaban J connectivity index is 1.96. The molecule has 22 heavy (non-hydrogen) atoms. The second-order valence-corrected chi connectivity index (χ2v) is 5.44. The first kappa shape index (κ1) is 16.4. The first-order valence-corrected chi connectivity index (χ1v) is 7.60. The van der Waals surface area contributed by atoms with Crippen molar-refractivity contribution < 1.29 is 9.53 Å². The number of carbonyl (C=O) groups is 1. The number of rotatable bonds is 7. The first-order valence-electron chi connectivity index (χ1n) is 6.81. The molecule has 0 saturated carbocycles. The molecule has 0 aliphatic carbocycles. The van der Waals surface area contributed by atoms with Gasteiger partial charge in [-0.05, 0) is 30.7 Å². The van der Waals surface area contributed by atoms with E-state index in [9.17, 15) is 4.79 Å². The average molecular weight is 365 g/mol. The molecule has 2 N–H and O–H groups in total. The molecule has 0 fully saturated rings. The van der Waals surface area contributed by atoms with Crippen LogP contribution in [0, 0.1) is 0 Å². The van der Waals surface area contributed by atoms with E-state index in [1.165, 1.54) is 6.33 Å². The van der Waals surface area contributed by atoms with Crippen LogP contribution in [0.25, 0.3) is 0 Å². The van der Waals surface area contributed by atoms with Crippen LogP contribution >= 0.6 is 15.9 Å². The molecule has 1 aromatic carbocycles. The molecule has 1 amide bonds. The van der Waals surface area contributed by atoms with Crippen molar-refractivity contribution in [3.05, 3.63) is 46.8 Å². The fourth-order valence-corrected chi connectivity index (χ4v) is 2.00. The molecule has 7 heteroatoms. The van der Waals surface area contributed by atoms with Crippen LogP contribution in [0.15, 0.2) is 41.1 Å². The van der Waals surface area contributed by atoms with Gasteiger partial charge in [0.05, 0.1) is 0 Å². The van der Waals surface area contributed by atoms with Gasteiger partial charge in [0.25, 0.3) is 5.91 Å². The molecule has 0 saturated heterocycles. The third-order valence-corrected chi connectivity index (χ3v) is 3.36. The molecule has 1 heterocycles. The van der Waals surface area contributed by atoms with E-state index in [0.29, 0.717) is 23.8 Å². The minimum Gasteiger partial charge on any atom is -0.385 e. The topological polar surface area (TPSA) is 76.1 Å². The molecule has 1 aromatic heterocycles. The number of benzene rings is 1. The Labute approximate surface area is 137 Å². The summed E-state index contributed by atoms with van der Waals surface area (Å²) >= 11 is 3.35. The highest BCUT2D eigenvalue weighted by Gasteiger charge is 2.09. The molecule has 2 rings (SSSR count). The maximum absolute atomic E-state index is 12.2. The SMILES string of the molecule is COCCCNc1cc(C(=O)Nc2ccc(Br)cc2)ncn1. The van der Waals surface area contributed by atoms with Gasteiger partial charge in [-0.2, -0.15) is 0 Å². The van der Waals surface area contributed by atoms with Crippen LogP contribution in [-0.2, 0) is 4.74 Å². The Bertz CT molecular complexity index is 619. The van der Waals surface area contributed by atoms with Crippen LogP contribution in [0.2, 0.25) is 0 Å². The number of nitrogens with one attached hydrogen (secondary N) is 2. The molecule has 2 aromatic rings. The van der Waals surface area contributed by atoms with Gasteiger partial charge in [-0.25, -0.2) is 9.97 Å². The summed E-state index contributed by atoms with van der Waals surface area (Å²) in [7, 11) is 1.66. The van der Waals surface area contributed by atoms with Crippen LogP contribution in [0.5, 0.6) is 0 Å². The van der Waals surface area contributed by atoms with E-state index in [2.05, 4.69) is 36.5 Å². The number of anilines is 2. The maximum atomic E-state index is 12.2. The number of carbonyl (C=O) groups excluding carboxylic acids is 1. The molecule has 0 aliphatic heterocycles. The zero-order valence-electron chi connectivity index (χ0n) is 12.2. The quantitative estimate of drug-likeness (QED) is 0.738. The van der Waals surface area contributed by atoms with Gasteiger partial charge in [0.2, 0.25) is 0 Å². The largest absolute Gasteiger partial charge is 0.385 e. The van der Waals surface area contributed by atoms with Crippen LogP contribution in [0.4, 0.5) is 11.5 Å². The summed E-state index contributed by atoms with van der Waals surface area (Å²) in [5.41, 5.74) is 1.02. The third kappa shape index (κ3) is 5.09. The average Bonchev–Trinajstić information content (AvgIpc) is 2.54.